The van der Waals surface area contributed by atoms with Crippen LogP contribution in [0.5, 0.6) is 0 Å². The van der Waals surface area contributed by atoms with Crippen LogP contribution >= 0.6 is 0 Å². The number of hydrogen-bond donors (Lipinski definition) is 0. The molecule has 0 aromatic carbocycles. The fourth-order valence-electron chi connectivity index (χ4n) is 2.73. The van der Waals surface area contributed by atoms with Gasteiger partial charge in [-0.05, 0) is 18.3 Å². The van der Waals surface area contributed by atoms with E-state index in [0.717, 1.165) is 11.8 Å². The van der Waals surface area contributed by atoms with Crippen molar-refractivity contribution in [3.8, 4) is 0 Å². The minimum Gasteiger partial charge on any atom is -0.0654 e. The van der Waals surface area contributed by atoms with Crippen molar-refractivity contribution in [3.05, 3.63) is 6.42 Å². The maximum atomic E-state index is 2.69. The van der Waals surface area contributed by atoms with Gasteiger partial charge in [0.25, 0.3) is 0 Å². The quantitative estimate of drug-likeness (QED) is 0.345. The van der Waals surface area contributed by atoms with Gasteiger partial charge in [-0.1, -0.05) is 91.9 Å². The Hall–Kier alpha value is 0. The van der Waals surface area contributed by atoms with Gasteiger partial charge < -0.3 is 0 Å². The summed E-state index contributed by atoms with van der Waals surface area (Å²) in [7, 11) is 0. The first-order valence-electron chi connectivity index (χ1n) is 8.13. The molecule has 1 radical (unpaired) electrons. The molecule has 0 saturated heterocycles. The van der Waals surface area contributed by atoms with Crippen LogP contribution in [0.2, 0.25) is 0 Å². The predicted octanol–water partition coefficient (Wildman–Crippen LogP) is 6.40. The van der Waals surface area contributed by atoms with Gasteiger partial charge in [-0.25, -0.2) is 0 Å². The molecule has 0 N–H and O–H groups in total. The molecule has 0 aliphatic heterocycles. The number of unbranched alkanes of at least 4 members (excludes halogenated alkanes) is 3. The molecule has 17 heavy (non-hydrogen) atoms. The number of rotatable bonds is 12. The van der Waals surface area contributed by atoms with Crippen molar-refractivity contribution < 1.29 is 0 Å². The zero-order chi connectivity index (χ0) is 12.9. The van der Waals surface area contributed by atoms with Crippen molar-refractivity contribution in [3.63, 3.8) is 0 Å². The summed E-state index contributed by atoms with van der Waals surface area (Å²) >= 11 is 0. The molecule has 0 heterocycles. The molecule has 0 aromatic heterocycles. The van der Waals surface area contributed by atoms with Crippen LogP contribution < -0.4 is 0 Å². The first-order chi connectivity index (χ1) is 8.28. The maximum Gasteiger partial charge on any atom is -0.0324 e. The molecule has 0 fully saturated rings. The molecule has 0 nitrogen and oxygen atoms in total. The summed E-state index contributed by atoms with van der Waals surface area (Å²) in [5.41, 5.74) is 0. The highest BCUT2D eigenvalue weighted by Gasteiger charge is 2.14. The zero-order valence-electron chi connectivity index (χ0n) is 12.8. The van der Waals surface area contributed by atoms with Gasteiger partial charge in [0.1, 0.15) is 0 Å². The van der Waals surface area contributed by atoms with Crippen molar-refractivity contribution in [2.45, 2.75) is 91.9 Å². The SMILES string of the molecule is CCCCCCC([CH]C(CCC)CCC)CC. The molecule has 0 aliphatic rings. The highest BCUT2D eigenvalue weighted by Crippen LogP contribution is 2.26. The first-order valence-corrected chi connectivity index (χ1v) is 8.13. The van der Waals surface area contributed by atoms with Gasteiger partial charge in [-0.15, -0.1) is 0 Å². The van der Waals surface area contributed by atoms with E-state index in [-0.39, 0.29) is 0 Å². The van der Waals surface area contributed by atoms with E-state index in [1.54, 1.807) is 0 Å². The Morgan fingerprint density at radius 1 is 0.647 bits per heavy atom. The van der Waals surface area contributed by atoms with Crippen LogP contribution in [0.4, 0.5) is 0 Å². The van der Waals surface area contributed by atoms with Gasteiger partial charge in [-0.3, -0.25) is 0 Å². The van der Waals surface area contributed by atoms with E-state index >= 15 is 0 Å². The molecule has 1 unspecified atom stereocenters. The van der Waals surface area contributed by atoms with Crippen molar-refractivity contribution >= 4 is 0 Å². The molecule has 0 saturated carbocycles. The third kappa shape index (κ3) is 9.68. The second-order valence-electron chi connectivity index (χ2n) is 5.55. The molecule has 1 atom stereocenters. The molecule has 0 aromatic rings. The minimum absolute atomic E-state index is 0.884. The number of hydrogen-bond acceptors (Lipinski definition) is 0. The van der Waals surface area contributed by atoms with E-state index in [0.29, 0.717) is 0 Å². The molecular weight excluding hydrogens is 204 g/mol. The van der Waals surface area contributed by atoms with Crippen LogP contribution in [0, 0.1) is 18.3 Å². The highest BCUT2D eigenvalue weighted by atomic mass is 14.2. The molecule has 103 valence electrons. The zero-order valence-corrected chi connectivity index (χ0v) is 12.8. The van der Waals surface area contributed by atoms with E-state index in [2.05, 4.69) is 34.1 Å². The molecule has 0 bridgehead atoms. The van der Waals surface area contributed by atoms with Gasteiger partial charge in [0.05, 0.1) is 0 Å². The average Bonchev–Trinajstić information content (AvgIpc) is 2.33. The molecule has 0 spiro atoms. The van der Waals surface area contributed by atoms with Crippen LogP contribution in [-0.4, -0.2) is 0 Å². The second kappa shape index (κ2) is 12.5. The normalized spacial score (nSPS) is 13.2. The van der Waals surface area contributed by atoms with E-state index < -0.39 is 0 Å². The third-order valence-electron chi connectivity index (χ3n) is 3.82. The maximum absolute atomic E-state index is 2.69. The van der Waals surface area contributed by atoms with Crippen molar-refractivity contribution in [2.75, 3.05) is 0 Å². The van der Waals surface area contributed by atoms with Crippen LogP contribution in [0.1, 0.15) is 91.9 Å². The fraction of sp³-hybridized carbons (Fsp3) is 0.941. The Morgan fingerprint density at radius 3 is 1.76 bits per heavy atom. The lowest BCUT2D eigenvalue weighted by Crippen LogP contribution is -2.10. The van der Waals surface area contributed by atoms with Crippen LogP contribution in [0.15, 0.2) is 0 Å². The average molecular weight is 239 g/mol. The smallest absolute Gasteiger partial charge is 0.0324 e. The van der Waals surface area contributed by atoms with E-state index in [1.807, 2.05) is 0 Å². The molecule has 0 heteroatoms. The molecule has 0 aliphatic carbocycles. The van der Waals surface area contributed by atoms with Crippen molar-refractivity contribution in [2.24, 2.45) is 11.8 Å². The van der Waals surface area contributed by atoms with Crippen LogP contribution in [0.25, 0.3) is 0 Å². The van der Waals surface area contributed by atoms with Crippen LogP contribution in [0.3, 0.4) is 0 Å². The summed E-state index contributed by atoms with van der Waals surface area (Å²) in [6, 6.07) is 0. The summed E-state index contributed by atoms with van der Waals surface area (Å²) in [6.45, 7) is 9.29. The summed E-state index contributed by atoms with van der Waals surface area (Å²) in [6.07, 6.45) is 16.6. The Morgan fingerprint density at radius 2 is 1.29 bits per heavy atom. The monoisotopic (exact) mass is 239 g/mol. The molecular formula is C17H35. The van der Waals surface area contributed by atoms with E-state index in [1.165, 1.54) is 64.2 Å². The summed E-state index contributed by atoms with van der Waals surface area (Å²) in [4.78, 5) is 0. The summed E-state index contributed by atoms with van der Waals surface area (Å²) in [5, 5.41) is 0. The minimum atomic E-state index is 0.884. The van der Waals surface area contributed by atoms with Gasteiger partial charge >= 0.3 is 0 Å². The fourth-order valence-corrected chi connectivity index (χ4v) is 2.73. The Bertz CT molecular complexity index is 133. The van der Waals surface area contributed by atoms with Crippen LogP contribution in [-0.2, 0) is 0 Å². The standard InChI is InChI=1S/C17H35/c1-5-9-10-11-14-16(8-4)15-17(12-6-2)13-7-3/h15-17H,5-14H2,1-4H3. The van der Waals surface area contributed by atoms with Crippen molar-refractivity contribution in [1.29, 1.82) is 0 Å². The predicted molar refractivity (Wildman–Crippen MR) is 80.1 cm³/mol. The molecule has 0 rings (SSSR count). The largest absolute Gasteiger partial charge is 0.0654 e. The lowest BCUT2D eigenvalue weighted by atomic mass is 9.84. The third-order valence-corrected chi connectivity index (χ3v) is 3.82. The van der Waals surface area contributed by atoms with E-state index in [9.17, 15) is 0 Å². The summed E-state index contributed by atoms with van der Waals surface area (Å²) < 4.78 is 0. The Labute approximate surface area is 111 Å². The van der Waals surface area contributed by atoms with Gasteiger partial charge in [0, 0.05) is 0 Å². The second-order valence-corrected chi connectivity index (χ2v) is 5.55. The van der Waals surface area contributed by atoms with E-state index in [4.69, 9.17) is 0 Å². The lowest BCUT2D eigenvalue weighted by Gasteiger charge is -2.21. The topological polar surface area (TPSA) is 0 Å². The van der Waals surface area contributed by atoms with Gasteiger partial charge in [0.2, 0.25) is 0 Å². The van der Waals surface area contributed by atoms with Crippen molar-refractivity contribution in [1.82, 2.24) is 0 Å². The lowest BCUT2D eigenvalue weighted by molar-refractivity contribution is 0.398. The van der Waals surface area contributed by atoms with Gasteiger partial charge in [0.15, 0.2) is 0 Å². The Balaban J connectivity index is 3.81. The van der Waals surface area contributed by atoms with Gasteiger partial charge in [-0.2, -0.15) is 0 Å². The Kier molecular flexibility index (Phi) is 12.5. The highest BCUT2D eigenvalue weighted by molar-refractivity contribution is 4.82. The summed E-state index contributed by atoms with van der Waals surface area (Å²) in [5.74, 6) is 1.77. The molecule has 0 amide bonds. The first kappa shape index (κ1) is 17.0.